The molecular weight excluding hydrogens is 352 g/mol. The highest BCUT2D eigenvalue weighted by molar-refractivity contribution is 5.99. The number of aliphatic hydroxyl groups excluding tert-OH is 1. The molecule has 1 heterocycles. The zero-order chi connectivity index (χ0) is 19.6. The van der Waals surface area contributed by atoms with Gasteiger partial charge in [0.15, 0.2) is 5.76 Å². The summed E-state index contributed by atoms with van der Waals surface area (Å²) in [6, 6.07) is 10.8. The molecule has 0 aliphatic carbocycles. The average Bonchev–Trinajstić information content (AvgIpc) is 3.02. The van der Waals surface area contributed by atoms with Crippen LogP contribution in [-0.2, 0) is 0 Å². The van der Waals surface area contributed by atoms with Crippen LogP contribution < -0.4 is 10.1 Å². The van der Waals surface area contributed by atoms with Gasteiger partial charge < -0.3 is 19.6 Å². The summed E-state index contributed by atoms with van der Waals surface area (Å²) in [5, 5.41) is 24.3. The van der Waals surface area contributed by atoms with Crippen LogP contribution in [0.25, 0.3) is 11.0 Å². The lowest BCUT2D eigenvalue weighted by molar-refractivity contribution is -0.384. The zero-order valence-corrected chi connectivity index (χ0v) is 14.8. The highest BCUT2D eigenvalue weighted by Gasteiger charge is 2.19. The van der Waals surface area contributed by atoms with Crippen LogP contribution in [0.15, 0.2) is 46.9 Å². The molecule has 1 aromatic heterocycles. The van der Waals surface area contributed by atoms with Crippen molar-refractivity contribution in [2.24, 2.45) is 0 Å². The highest BCUT2D eigenvalue weighted by Crippen LogP contribution is 2.28. The minimum atomic E-state index is -1.00. The Morgan fingerprint density at radius 1 is 1.30 bits per heavy atom. The molecule has 0 bridgehead atoms. The third-order valence-electron chi connectivity index (χ3n) is 4.29. The average molecular weight is 370 g/mol. The first-order chi connectivity index (χ1) is 12.9. The molecule has 0 spiro atoms. The van der Waals surface area contributed by atoms with E-state index in [1.807, 2.05) is 0 Å². The number of non-ortho nitro benzene ring substituents is 1. The summed E-state index contributed by atoms with van der Waals surface area (Å²) in [5.74, 6) is 0.365. The number of aryl methyl sites for hydroxylation is 1. The van der Waals surface area contributed by atoms with Gasteiger partial charge in [0.1, 0.15) is 11.3 Å². The fourth-order valence-corrected chi connectivity index (χ4v) is 2.75. The Hall–Kier alpha value is -3.39. The molecule has 0 fully saturated rings. The molecule has 0 unspecified atom stereocenters. The van der Waals surface area contributed by atoms with E-state index in [9.17, 15) is 20.0 Å². The number of amides is 1. The van der Waals surface area contributed by atoms with Crippen molar-refractivity contribution in [1.29, 1.82) is 0 Å². The van der Waals surface area contributed by atoms with Gasteiger partial charge >= 0.3 is 0 Å². The molecule has 8 nitrogen and oxygen atoms in total. The van der Waals surface area contributed by atoms with Crippen LogP contribution in [0.5, 0.6) is 5.75 Å². The number of nitrogens with zero attached hydrogens (tertiary/aromatic N) is 1. The maximum atomic E-state index is 12.4. The summed E-state index contributed by atoms with van der Waals surface area (Å²) < 4.78 is 10.8. The standard InChI is InChI=1S/C19H18N2O6/c1-11-15-9-14(26-2)7-8-17(15)27-18(11)19(23)20-10-16(22)12-3-5-13(6-4-12)21(24)25/h3-9,16,22H,10H2,1-2H3,(H,20,23)/t16-/m0/s1. The number of carbonyl (C=O) groups is 1. The van der Waals surface area contributed by atoms with Crippen molar-refractivity contribution in [3.63, 3.8) is 0 Å². The molecule has 27 heavy (non-hydrogen) atoms. The van der Waals surface area contributed by atoms with Crippen LogP contribution in [0.3, 0.4) is 0 Å². The van der Waals surface area contributed by atoms with Gasteiger partial charge in [0.25, 0.3) is 11.6 Å². The Morgan fingerprint density at radius 2 is 2.00 bits per heavy atom. The molecule has 0 saturated carbocycles. The van der Waals surface area contributed by atoms with E-state index in [-0.39, 0.29) is 18.0 Å². The van der Waals surface area contributed by atoms with Crippen molar-refractivity contribution in [2.75, 3.05) is 13.7 Å². The first-order valence-electron chi connectivity index (χ1n) is 8.18. The number of nitro groups is 1. The Morgan fingerprint density at radius 3 is 2.63 bits per heavy atom. The summed E-state index contributed by atoms with van der Waals surface area (Å²) in [7, 11) is 1.56. The number of carbonyl (C=O) groups excluding carboxylic acids is 1. The monoisotopic (exact) mass is 370 g/mol. The lowest BCUT2D eigenvalue weighted by atomic mass is 10.1. The summed E-state index contributed by atoms with van der Waals surface area (Å²) in [5.41, 5.74) is 1.64. The largest absolute Gasteiger partial charge is 0.497 e. The second-order valence-electron chi connectivity index (χ2n) is 5.99. The van der Waals surface area contributed by atoms with Gasteiger partial charge in [0, 0.05) is 29.6 Å². The fraction of sp³-hybridized carbons (Fsp3) is 0.211. The quantitative estimate of drug-likeness (QED) is 0.509. The molecule has 8 heteroatoms. The van der Waals surface area contributed by atoms with Crippen LogP contribution in [-0.4, -0.2) is 29.6 Å². The second-order valence-corrected chi connectivity index (χ2v) is 5.99. The fourth-order valence-electron chi connectivity index (χ4n) is 2.75. The van der Waals surface area contributed by atoms with Crippen molar-refractivity contribution in [3.05, 3.63) is 69.5 Å². The summed E-state index contributed by atoms with van der Waals surface area (Å²) >= 11 is 0. The van der Waals surface area contributed by atoms with E-state index in [4.69, 9.17) is 9.15 Å². The molecule has 0 saturated heterocycles. The maximum Gasteiger partial charge on any atom is 0.287 e. The highest BCUT2D eigenvalue weighted by atomic mass is 16.6. The van der Waals surface area contributed by atoms with Crippen molar-refractivity contribution in [1.82, 2.24) is 5.32 Å². The van der Waals surface area contributed by atoms with Gasteiger partial charge in [-0.3, -0.25) is 14.9 Å². The van der Waals surface area contributed by atoms with E-state index in [1.165, 1.54) is 24.3 Å². The predicted molar refractivity (Wildman–Crippen MR) is 97.9 cm³/mol. The van der Waals surface area contributed by atoms with Crippen LogP contribution in [0, 0.1) is 17.0 Å². The van der Waals surface area contributed by atoms with Gasteiger partial charge in [-0.15, -0.1) is 0 Å². The van der Waals surface area contributed by atoms with Crippen molar-refractivity contribution in [2.45, 2.75) is 13.0 Å². The number of methoxy groups -OCH3 is 1. The van der Waals surface area contributed by atoms with Crippen LogP contribution in [0.2, 0.25) is 0 Å². The van der Waals surface area contributed by atoms with E-state index < -0.39 is 16.9 Å². The number of aliphatic hydroxyl groups is 1. The number of nitro benzene ring substituents is 1. The van der Waals surface area contributed by atoms with E-state index in [1.54, 1.807) is 32.2 Å². The molecule has 1 amide bonds. The number of ether oxygens (including phenoxy) is 1. The Labute approximate surface area is 154 Å². The van der Waals surface area contributed by atoms with Gasteiger partial charge in [0.2, 0.25) is 0 Å². The predicted octanol–water partition coefficient (Wildman–Crippen LogP) is 3.12. The van der Waals surface area contributed by atoms with Gasteiger partial charge in [-0.25, -0.2) is 0 Å². The van der Waals surface area contributed by atoms with E-state index in [0.29, 0.717) is 22.5 Å². The van der Waals surface area contributed by atoms with Gasteiger partial charge in [-0.2, -0.15) is 0 Å². The third kappa shape index (κ3) is 3.75. The van der Waals surface area contributed by atoms with Crippen molar-refractivity contribution < 1.29 is 24.0 Å². The first kappa shape index (κ1) is 18.4. The number of rotatable bonds is 6. The Bertz CT molecular complexity index is 993. The van der Waals surface area contributed by atoms with Crippen LogP contribution in [0.4, 0.5) is 5.69 Å². The summed E-state index contributed by atoms with van der Waals surface area (Å²) in [6.45, 7) is 1.71. The Balaban J connectivity index is 1.71. The third-order valence-corrected chi connectivity index (χ3v) is 4.29. The lowest BCUT2D eigenvalue weighted by Crippen LogP contribution is -2.28. The second kappa shape index (κ2) is 7.46. The van der Waals surface area contributed by atoms with Crippen LogP contribution in [0.1, 0.15) is 27.8 Å². The van der Waals surface area contributed by atoms with Gasteiger partial charge in [-0.05, 0) is 42.8 Å². The molecule has 0 radical (unpaired) electrons. The topological polar surface area (TPSA) is 115 Å². The van der Waals surface area contributed by atoms with Gasteiger partial charge in [-0.1, -0.05) is 0 Å². The number of benzene rings is 2. The normalized spacial score (nSPS) is 12.0. The molecule has 2 aromatic carbocycles. The number of hydrogen-bond donors (Lipinski definition) is 2. The zero-order valence-electron chi connectivity index (χ0n) is 14.8. The van der Waals surface area contributed by atoms with Crippen LogP contribution >= 0.6 is 0 Å². The molecule has 3 aromatic rings. The first-order valence-corrected chi connectivity index (χ1v) is 8.18. The smallest absolute Gasteiger partial charge is 0.287 e. The number of furan rings is 1. The van der Waals surface area contributed by atoms with E-state index in [0.717, 1.165) is 5.39 Å². The maximum absolute atomic E-state index is 12.4. The minimum absolute atomic E-state index is 0.0591. The lowest BCUT2D eigenvalue weighted by Gasteiger charge is -2.11. The number of fused-ring (bicyclic) bond motifs is 1. The summed E-state index contributed by atoms with van der Waals surface area (Å²) in [4.78, 5) is 22.6. The molecule has 0 aliphatic rings. The van der Waals surface area contributed by atoms with Crippen molar-refractivity contribution in [3.8, 4) is 5.75 Å². The minimum Gasteiger partial charge on any atom is -0.497 e. The molecule has 1 atom stereocenters. The molecular formula is C19H18N2O6. The Kier molecular flexibility index (Phi) is 5.09. The van der Waals surface area contributed by atoms with E-state index >= 15 is 0 Å². The van der Waals surface area contributed by atoms with E-state index in [2.05, 4.69) is 5.32 Å². The van der Waals surface area contributed by atoms with Crippen molar-refractivity contribution >= 4 is 22.6 Å². The molecule has 2 N–H and O–H groups in total. The summed E-state index contributed by atoms with van der Waals surface area (Å²) in [6.07, 6.45) is -1.00. The molecule has 3 rings (SSSR count). The number of nitrogens with one attached hydrogen (secondary N) is 1. The molecule has 140 valence electrons. The van der Waals surface area contributed by atoms with Gasteiger partial charge in [0.05, 0.1) is 18.1 Å². The SMILES string of the molecule is COc1ccc2oc(C(=O)NC[C@H](O)c3ccc([N+](=O)[O-])cc3)c(C)c2c1. The number of hydrogen-bond acceptors (Lipinski definition) is 6. The molecule has 0 aliphatic heterocycles.